The highest BCUT2D eigenvalue weighted by Crippen LogP contribution is 1.47. The van der Waals surface area contributed by atoms with Crippen LogP contribution in [0.25, 0.3) is 0 Å². The average molecular weight is 163 g/mol. The Labute approximate surface area is 72.9 Å². The molecular weight excluding hydrogens is 145 g/mol. The summed E-state index contributed by atoms with van der Waals surface area (Å²) in [6.45, 7) is 7.47. The molecular formula is C6H18AlNO2. The van der Waals surface area contributed by atoms with Gasteiger partial charge in [0.05, 0.1) is 0 Å². The molecule has 0 spiro atoms. The maximum Gasteiger partial charge on any atom is 0.300 e. The van der Waals surface area contributed by atoms with E-state index >= 15 is 0 Å². The third kappa shape index (κ3) is 100. The smallest absolute Gasteiger partial charge is 0.300 e. The van der Waals surface area contributed by atoms with Gasteiger partial charge < -0.3 is 10.4 Å². The van der Waals surface area contributed by atoms with Crippen LogP contribution in [0.5, 0.6) is 0 Å². The van der Waals surface area contributed by atoms with Crippen molar-refractivity contribution in [2.75, 3.05) is 13.1 Å². The molecule has 0 aliphatic heterocycles. The highest BCUT2D eigenvalue weighted by atomic mass is 27.0. The summed E-state index contributed by atoms with van der Waals surface area (Å²) in [5.74, 6) is -0.833. The van der Waals surface area contributed by atoms with Crippen molar-refractivity contribution in [1.29, 1.82) is 0 Å². The van der Waals surface area contributed by atoms with Crippen molar-refractivity contribution in [3.8, 4) is 0 Å². The molecule has 0 aliphatic carbocycles. The fourth-order valence-corrected chi connectivity index (χ4v) is 0.250. The SMILES string of the molecule is CC(=O)O.CCNCC.[AlH3]. The van der Waals surface area contributed by atoms with Crippen molar-refractivity contribution in [3.63, 3.8) is 0 Å². The minimum atomic E-state index is -0.833. The number of hydrogen-bond donors (Lipinski definition) is 2. The van der Waals surface area contributed by atoms with Gasteiger partial charge in [0.1, 0.15) is 0 Å². The summed E-state index contributed by atoms with van der Waals surface area (Å²) < 4.78 is 0. The van der Waals surface area contributed by atoms with Crippen molar-refractivity contribution in [2.24, 2.45) is 0 Å². The Hall–Kier alpha value is -0.0375. The normalized spacial score (nSPS) is 6.70. The number of carbonyl (C=O) groups is 1. The zero-order chi connectivity index (χ0) is 7.70. The van der Waals surface area contributed by atoms with E-state index in [-0.39, 0.29) is 17.4 Å². The van der Waals surface area contributed by atoms with Crippen LogP contribution in [0.4, 0.5) is 0 Å². The summed E-state index contributed by atoms with van der Waals surface area (Å²) in [7, 11) is 0. The monoisotopic (exact) mass is 163 g/mol. The zero-order valence-electron chi connectivity index (χ0n) is 6.27. The lowest BCUT2D eigenvalue weighted by atomic mass is 10.7. The molecule has 0 fully saturated rings. The predicted molar refractivity (Wildman–Crippen MR) is 47.5 cm³/mol. The molecule has 2 N–H and O–H groups in total. The van der Waals surface area contributed by atoms with Gasteiger partial charge in [-0.05, 0) is 13.1 Å². The molecule has 0 heterocycles. The molecule has 0 radical (unpaired) electrons. The summed E-state index contributed by atoms with van der Waals surface area (Å²) >= 11 is 0. The van der Waals surface area contributed by atoms with Crippen LogP contribution < -0.4 is 5.32 Å². The van der Waals surface area contributed by atoms with Crippen molar-refractivity contribution in [1.82, 2.24) is 5.32 Å². The molecule has 0 aromatic rings. The molecule has 0 saturated carbocycles. The Balaban J connectivity index is -0.0000000910. The second-order valence-electron chi connectivity index (χ2n) is 1.48. The number of rotatable bonds is 2. The topological polar surface area (TPSA) is 49.3 Å². The van der Waals surface area contributed by atoms with Crippen molar-refractivity contribution >= 4 is 23.3 Å². The number of carboxylic acid groups (broad SMARTS) is 1. The van der Waals surface area contributed by atoms with E-state index in [1.807, 2.05) is 0 Å². The molecule has 4 heteroatoms. The van der Waals surface area contributed by atoms with Crippen LogP contribution in [0, 0.1) is 0 Å². The van der Waals surface area contributed by atoms with Crippen LogP contribution >= 0.6 is 0 Å². The average Bonchev–Trinajstić information content (AvgIpc) is 1.66. The van der Waals surface area contributed by atoms with Crippen LogP contribution in [-0.2, 0) is 4.79 Å². The van der Waals surface area contributed by atoms with E-state index in [4.69, 9.17) is 9.90 Å². The predicted octanol–water partition coefficient (Wildman–Crippen LogP) is -0.477. The summed E-state index contributed by atoms with van der Waals surface area (Å²) in [6, 6.07) is 0. The van der Waals surface area contributed by atoms with Gasteiger partial charge in [0.2, 0.25) is 0 Å². The third-order valence-corrected chi connectivity index (χ3v) is 0.500. The standard InChI is InChI=1S/C4H11N.C2H4O2.Al.3H/c1-3-5-4-2;1-2(3)4;;;;/h5H,3-4H2,1-2H3;1H3,(H,3,4);;;;. The lowest BCUT2D eigenvalue weighted by molar-refractivity contribution is -0.134. The summed E-state index contributed by atoms with van der Waals surface area (Å²) in [5, 5.41) is 10.5. The van der Waals surface area contributed by atoms with E-state index < -0.39 is 5.97 Å². The molecule has 3 nitrogen and oxygen atoms in total. The van der Waals surface area contributed by atoms with Gasteiger partial charge in [-0.2, -0.15) is 0 Å². The maximum atomic E-state index is 9.00. The highest BCUT2D eigenvalue weighted by molar-refractivity contribution is 5.75. The van der Waals surface area contributed by atoms with E-state index in [2.05, 4.69) is 19.2 Å². The first-order valence-corrected chi connectivity index (χ1v) is 3.05. The molecule has 0 amide bonds. The number of carboxylic acids is 1. The number of nitrogens with one attached hydrogen (secondary N) is 1. The van der Waals surface area contributed by atoms with Crippen LogP contribution in [0.3, 0.4) is 0 Å². The van der Waals surface area contributed by atoms with E-state index in [0.717, 1.165) is 20.0 Å². The Morgan fingerprint density at radius 3 is 1.60 bits per heavy atom. The second-order valence-corrected chi connectivity index (χ2v) is 1.48. The summed E-state index contributed by atoms with van der Waals surface area (Å²) in [5.41, 5.74) is 0. The van der Waals surface area contributed by atoms with Gasteiger partial charge in [-0.15, -0.1) is 0 Å². The van der Waals surface area contributed by atoms with Crippen molar-refractivity contribution in [3.05, 3.63) is 0 Å². The minimum Gasteiger partial charge on any atom is -0.481 e. The molecule has 62 valence electrons. The molecule has 10 heavy (non-hydrogen) atoms. The van der Waals surface area contributed by atoms with Crippen molar-refractivity contribution in [2.45, 2.75) is 20.8 Å². The van der Waals surface area contributed by atoms with E-state index in [1.54, 1.807) is 0 Å². The quantitative estimate of drug-likeness (QED) is 0.541. The molecule has 0 aromatic heterocycles. The second kappa shape index (κ2) is 16.0. The fourth-order valence-electron chi connectivity index (χ4n) is 0.250. The van der Waals surface area contributed by atoms with Crippen LogP contribution in [0.1, 0.15) is 20.8 Å². The van der Waals surface area contributed by atoms with Gasteiger partial charge >= 0.3 is 0 Å². The Kier molecular flexibility index (Phi) is 26.4. The van der Waals surface area contributed by atoms with Gasteiger partial charge in [-0.1, -0.05) is 13.8 Å². The molecule has 0 aromatic carbocycles. The Morgan fingerprint density at radius 1 is 1.40 bits per heavy atom. The highest BCUT2D eigenvalue weighted by Gasteiger charge is 1.65. The van der Waals surface area contributed by atoms with E-state index in [9.17, 15) is 0 Å². The van der Waals surface area contributed by atoms with Gasteiger partial charge in [0, 0.05) is 6.92 Å². The molecule has 0 unspecified atom stereocenters. The molecule has 0 aliphatic rings. The first-order valence-electron chi connectivity index (χ1n) is 3.05. The fraction of sp³-hybridized carbons (Fsp3) is 0.833. The first-order chi connectivity index (χ1) is 4.15. The maximum absolute atomic E-state index is 9.00. The van der Waals surface area contributed by atoms with Gasteiger partial charge in [-0.3, -0.25) is 4.79 Å². The molecule has 0 rings (SSSR count). The first kappa shape index (κ1) is 16.5. The Morgan fingerprint density at radius 2 is 1.60 bits per heavy atom. The van der Waals surface area contributed by atoms with Crippen LogP contribution in [0.15, 0.2) is 0 Å². The number of aliphatic carboxylic acids is 1. The Bertz CT molecular complexity index is 62.8. The van der Waals surface area contributed by atoms with Gasteiger partial charge in [0.25, 0.3) is 5.97 Å². The van der Waals surface area contributed by atoms with Gasteiger partial charge in [0.15, 0.2) is 17.4 Å². The number of hydrogen-bond acceptors (Lipinski definition) is 2. The minimum absolute atomic E-state index is 0. The van der Waals surface area contributed by atoms with E-state index in [0.29, 0.717) is 0 Å². The lowest BCUT2D eigenvalue weighted by Gasteiger charge is -1.86. The largest absolute Gasteiger partial charge is 0.481 e. The summed E-state index contributed by atoms with van der Waals surface area (Å²) in [6.07, 6.45) is 0. The van der Waals surface area contributed by atoms with Crippen molar-refractivity contribution < 1.29 is 9.90 Å². The van der Waals surface area contributed by atoms with Crippen LogP contribution in [-0.4, -0.2) is 41.5 Å². The zero-order valence-corrected chi connectivity index (χ0v) is 6.27. The van der Waals surface area contributed by atoms with Gasteiger partial charge in [-0.25, -0.2) is 0 Å². The summed E-state index contributed by atoms with van der Waals surface area (Å²) in [4.78, 5) is 9.00. The molecule has 0 saturated heterocycles. The third-order valence-electron chi connectivity index (χ3n) is 0.500. The molecule has 0 bridgehead atoms. The van der Waals surface area contributed by atoms with Crippen LogP contribution in [0.2, 0.25) is 0 Å². The lowest BCUT2D eigenvalue weighted by Crippen LogP contribution is -2.09. The van der Waals surface area contributed by atoms with E-state index in [1.165, 1.54) is 0 Å². The molecule has 0 atom stereocenters.